The highest BCUT2D eigenvalue weighted by Crippen LogP contribution is 2.29. The Morgan fingerprint density at radius 2 is 1.77 bits per heavy atom. The molecule has 3 aromatic carbocycles. The van der Waals surface area contributed by atoms with Gasteiger partial charge in [-0.1, -0.05) is 47.7 Å². The second-order valence-electron chi connectivity index (χ2n) is 5.86. The summed E-state index contributed by atoms with van der Waals surface area (Å²) in [6.07, 6.45) is 0. The lowest BCUT2D eigenvalue weighted by atomic mass is 10.0. The van der Waals surface area contributed by atoms with Gasteiger partial charge >= 0.3 is 0 Å². The molecule has 0 radical (unpaired) electrons. The summed E-state index contributed by atoms with van der Waals surface area (Å²) >= 11 is 1.37. The van der Waals surface area contributed by atoms with E-state index < -0.39 is 0 Å². The standard InChI is InChI=1S/C20H15N3O2S/c1-12(24)21-14-9-10-17-18(11-14)26-20(22-17)23-19(25)16-8-4-6-13-5-2-3-7-15(13)16/h2-11H,1H3,(H,21,24)(H,22,23,25). The molecule has 0 spiro atoms. The zero-order valence-corrected chi connectivity index (χ0v) is 14.8. The van der Waals surface area contributed by atoms with Crippen LogP contribution in [0.3, 0.4) is 0 Å². The van der Waals surface area contributed by atoms with Crippen LogP contribution in [0, 0.1) is 0 Å². The molecule has 128 valence electrons. The largest absolute Gasteiger partial charge is 0.326 e. The number of rotatable bonds is 3. The Morgan fingerprint density at radius 3 is 2.62 bits per heavy atom. The summed E-state index contributed by atoms with van der Waals surface area (Å²) in [6.45, 7) is 1.46. The maximum absolute atomic E-state index is 12.7. The van der Waals surface area contributed by atoms with Gasteiger partial charge in [0.25, 0.3) is 5.91 Å². The van der Waals surface area contributed by atoms with Crippen molar-refractivity contribution in [3.05, 3.63) is 66.2 Å². The quantitative estimate of drug-likeness (QED) is 0.557. The van der Waals surface area contributed by atoms with Gasteiger partial charge in [0.15, 0.2) is 5.13 Å². The van der Waals surface area contributed by atoms with Crippen LogP contribution in [0.25, 0.3) is 21.0 Å². The molecule has 26 heavy (non-hydrogen) atoms. The number of aromatic nitrogens is 1. The Morgan fingerprint density at radius 1 is 0.962 bits per heavy atom. The molecule has 0 aliphatic carbocycles. The third-order valence-electron chi connectivity index (χ3n) is 3.96. The third-order valence-corrected chi connectivity index (χ3v) is 4.90. The Bertz CT molecular complexity index is 1140. The third kappa shape index (κ3) is 3.14. The van der Waals surface area contributed by atoms with Crippen LogP contribution >= 0.6 is 11.3 Å². The molecular formula is C20H15N3O2S. The predicted molar refractivity (Wildman–Crippen MR) is 106 cm³/mol. The fourth-order valence-corrected chi connectivity index (χ4v) is 3.75. The Kier molecular flexibility index (Phi) is 4.10. The van der Waals surface area contributed by atoms with E-state index in [4.69, 9.17) is 0 Å². The van der Waals surface area contributed by atoms with Gasteiger partial charge in [0, 0.05) is 18.2 Å². The lowest BCUT2D eigenvalue weighted by molar-refractivity contribution is -0.114. The van der Waals surface area contributed by atoms with Crippen LogP contribution in [0.4, 0.5) is 10.8 Å². The first-order valence-corrected chi connectivity index (χ1v) is 8.89. The molecule has 0 atom stereocenters. The van der Waals surface area contributed by atoms with Crippen molar-refractivity contribution in [3.63, 3.8) is 0 Å². The summed E-state index contributed by atoms with van der Waals surface area (Å²) < 4.78 is 0.893. The molecular weight excluding hydrogens is 346 g/mol. The number of fused-ring (bicyclic) bond motifs is 2. The molecule has 4 rings (SSSR count). The number of carbonyl (C=O) groups excluding carboxylic acids is 2. The number of nitrogens with one attached hydrogen (secondary N) is 2. The second-order valence-corrected chi connectivity index (χ2v) is 6.89. The Balaban J connectivity index is 1.64. The van der Waals surface area contributed by atoms with Crippen LogP contribution in [-0.4, -0.2) is 16.8 Å². The van der Waals surface area contributed by atoms with Crippen LogP contribution in [0.2, 0.25) is 0 Å². The van der Waals surface area contributed by atoms with Crippen LogP contribution < -0.4 is 10.6 Å². The summed E-state index contributed by atoms with van der Waals surface area (Å²) in [6, 6.07) is 18.9. The Labute approximate surface area is 153 Å². The summed E-state index contributed by atoms with van der Waals surface area (Å²) in [5.74, 6) is -0.318. The van der Waals surface area contributed by atoms with Crippen molar-refractivity contribution in [1.82, 2.24) is 4.98 Å². The van der Waals surface area contributed by atoms with Crippen molar-refractivity contribution in [2.75, 3.05) is 10.6 Å². The summed E-state index contributed by atoms with van der Waals surface area (Å²) in [7, 11) is 0. The van der Waals surface area contributed by atoms with E-state index in [9.17, 15) is 9.59 Å². The molecule has 1 aromatic heterocycles. The first kappa shape index (κ1) is 16.2. The van der Waals surface area contributed by atoms with E-state index in [1.807, 2.05) is 48.5 Å². The number of thiazole rings is 1. The first-order chi connectivity index (χ1) is 12.6. The Hall–Kier alpha value is -3.25. The fraction of sp³-hybridized carbons (Fsp3) is 0.0500. The summed E-state index contributed by atoms with van der Waals surface area (Å²) in [5.41, 5.74) is 2.10. The second kappa shape index (κ2) is 6.57. The molecule has 0 aliphatic rings. The normalized spacial score (nSPS) is 10.8. The number of hydrogen-bond donors (Lipinski definition) is 2. The average Bonchev–Trinajstić information content (AvgIpc) is 3.02. The maximum Gasteiger partial charge on any atom is 0.258 e. The molecule has 2 N–H and O–H groups in total. The number of nitrogens with zero attached hydrogens (tertiary/aromatic N) is 1. The van der Waals surface area contributed by atoms with Crippen molar-refractivity contribution < 1.29 is 9.59 Å². The van der Waals surface area contributed by atoms with E-state index in [0.717, 1.165) is 21.0 Å². The average molecular weight is 361 g/mol. The molecule has 2 amide bonds. The van der Waals surface area contributed by atoms with E-state index >= 15 is 0 Å². The van der Waals surface area contributed by atoms with E-state index in [1.54, 1.807) is 12.1 Å². The van der Waals surface area contributed by atoms with Gasteiger partial charge in [-0.05, 0) is 35.0 Å². The van der Waals surface area contributed by atoms with Gasteiger partial charge in [-0.15, -0.1) is 0 Å². The molecule has 0 fully saturated rings. The molecule has 0 bridgehead atoms. The number of anilines is 2. The van der Waals surface area contributed by atoms with Gasteiger partial charge < -0.3 is 5.32 Å². The molecule has 4 aromatic rings. The molecule has 5 nitrogen and oxygen atoms in total. The number of amides is 2. The molecule has 0 unspecified atom stereocenters. The van der Waals surface area contributed by atoms with Crippen molar-refractivity contribution in [3.8, 4) is 0 Å². The number of hydrogen-bond acceptors (Lipinski definition) is 4. The zero-order chi connectivity index (χ0) is 18.1. The maximum atomic E-state index is 12.7. The van der Waals surface area contributed by atoms with E-state index in [-0.39, 0.29) is 11.8 Å². The van der Waals surface area contributed by atoms with Crippen LogP contribution in [0.5, 0.6) is 0 Å². The van der Waals surface area contributed by atoms with Gasteiger partial charge in [-0.2, -0.15) is 0 Å². The van der Waals surface area contributed by atoms with Gasteiger partial charge in [-0.25, -0.2) is 4.98 Å². The van der Waals surface area contributed by atoms with Crippen molar-refractivity contribution in [1.29, 1.82) is 0 Å². The smallest absolute Gasteiger partial charge is 0.258 e. The predicted octanol–water partition coefficient (Wildman–Crippen LogP) is 4.66. The van der Waals surface area contributed by atoms with Crippen molar-refractivity contribution >= 4 is 55.0 Å². The zero-order valence-electron chi connectivity index (χ0n) is 13.9. The van der Waals surface area contributed by atoms with Gasteiger partial charge in [-0.3, -0.25) is 14.9 Å². The molecule has 0 aliphatic heterocycles. The summed E-state index contributed by atoms with van der Waals surface area (Å²) in [4.78, 5) is 28.4. The van der Waals surface area contributed by atoms with E-state index in [2.05, 4.69) is 15.6 Å². The van der Waals surface area contributed by atoms with Crippen LogP contribution in [0.1, 0.15) is 17.3 Å². The van der Waals surface area contributed by atoms with Crippen LogP contribution in [0.15, 0.2) is 60.7 Å². The SMILES string of the molecule is CC(=O)Nc1ccc2nc(NC(=O)c3cccc4ccccc34)sc2c1. The van der Waals surface area contributed by atoms with Gasteiger partial charge in [0.05, 0.1) is 10.2 Å². The number of carbonyl (C=O) groups is 2. The minimum Gasteiger partial charge on any atom is -0.326 e. The molecule has 6 heteroatoms. The van der Waals surface area contributed by atoms with Crippen molar-refractivity contribution in [2.45, 2.75) is 6.92 Å². The minimum absolute atomic E-state index is 0.127. The summed E-state index contributed by atoms with van der Waals surface area (Å²) in [5, 5.41) is 8.07. The molecule has 0 saturated heterocycles. The molecule has 0 saturated carbocycles. The highest BCUT2D eigenvalue weighted by Gasteiger charge is 2.13. The monoisotopic (exact) mass is 361 g/mol. The van der Waals surface area contributed by atoms with Gasteiger partial charge in [0.2, 0.25) is 5.91 Å². The first-order valence-electron chi connectivity index (χ1n) is 8.07. The minimum atomic E-state index is -0.192. The highest BCUT2D eigenvalue weighted by molar-refractivity contribution is 7.22. The molecule has 1 heterocycles. The highest BCUT2D eigenvalue weighted by atomic mass is 32.1. The van der Waals surface area contributed by atoms with Crippen molar-refractivity contribution in [2.24, 2.45) is 0 Å². The van der Waals surface area contributed by atoms with Crippen LogP contribution in [-0.2, 0) is 4.79 Å². The topological polar surface area (TPSA) is 71.1 Å². The van der Waals surface area contributed by atoms with E-state index in [1.165, 1.54) is 18.3 Å². The fourth-order valence-electron chi connectivity index (χ4n) is 2.85. The number of benzene rings is 3. The lowest BCUT2D eigenvalue weighted by Gasteiger charge is -2.05. The van der Waals surface area contributed by atoms with E-state index in [0.29, 0.717) is 16.4 Å². The lowest BCUT2D eigenvalue weighted by Crippen LogP contribution is -2.12. The van der Waals surface area contributed by atoms with Gasteiger partial charge in [0.1, 0.15) is 0 Å².